The number of anilines is 1. The average Bonchev–Trinajstić information content (AvgIpc) is 2.93. The molecular formula is C28H36N4O3. The molecule has 1 heterocycles. The Labute approximate surface area is 207 Å². The molecule has 3 amide bonds. The molecule has 0 fully saturated rings. The number of benzodiazepines with no additional fused rings is 1. The van der Waals surface area contributed by atoms with Crippen molar-refractivity contribution in [2.24, 2.45) is 28.0 Å². The number of rotatable bonds is 9. The monoisotopic (exact) mass is 476 g/mol. The summed E-state index contributed by atoms with van der Waals surface area (Å²) in [6.45, 7) is 7.71. The number of fused-ring (bicyclic) bond motifs is 1. The van der Waals surface area contributed by atoms with Gasteiger partial charge in [-0.15, -0.1) is 0 Å². The van der Waals surface area contributed by atoms with Crippen LogP contribution in [0.25, 0.3) is 0 Å². The van der Waals surface area contributed by atoms with E-state index in [9.17, 15) is 14.4 Å². The quantitative estimate of drug-likeness (QED) is 0.573. The van der Waals surface area contributed by atoms with Crippen LogP contribution < -0.4 is 16.0 Å². The van der Waals surface area contributed by atoms with Crippen molar-refractivity contribution in [2.45, 2.75) is 53.1 Å². The summed E-state index contributed by atoms with van der Waals surface area (Å²) in [7, 11) is 1.68. The first-order valence-corrected chi connectivity index (χ1v) is 12.2. The topological polar surface area (TPSA) is 105 Å². The van der Waals surface area contributed by atoms with Crippen LogP contribution in [0.4, 0.5) is 5.69 Å². The van der Waals surface area contributed by atoms with Gasteiger partial charge in [0.05, 0.1) is 22.7 Å². The maximum Gasteiger partial charge on any atom is 0.272 e. The van der Waals surface area contributed by atoms with E-state index in [1.165, 1.54) is 4.90 Å². The van der Waals surface area contributed by atoms with Crippen LogP contribution in [0.1, 0.15) is 58.1 Å². The van der Waals surface area contributed by atoms with E-state index in [4.69, 9.17) is 10.7 Å². The number of benzene rings is 2. The minimum absolute atomic E-state index is 0.154. The van der Waals surface area contributed by atoms with Crippen LogP contribution in [-0.4, -0.2) is 36.6 Å². The summed E-state index contributed by atoms with van der Waals surface area (Å²) in [5.41, 5.74) is 7.76. The van der Waals surface area contributed by atoms with Crippen molar-refractivity contribution in [3.8, 4) is 0 Å². The molecule has 0 saturated heterocycles. The van der Waals surface area contributed by atoms with Crippen LogP contribution in [0.5, 0.6) is 0 Å². The molecule has 0 bridgehead atoms. The first-order valence-electron chi connectivity index (χ1n) is 12.2. The zero-order valence-corrected chi connectivity index (χ0v) is 21.2. The van der Waals surface area contributed by atoms with Gasteiger partial charge < -0.3 is 16.0 Å². The molecule has 2 aromatic rings. The molecule has 186 valence electrons. The highest BCUT2D eigenvalue weighted by Crippen LogP contribution is 2.37. The third-order valence-electron chi connectivity index (χ3n) is 6.79. The van der Waals surface area contributed by atoms with Crippen LogP contribution >= 0.6 is 0 Å². The molecular weight excluding hydrogens is 440 g/mol. The molecule has 0 radical (unpaired) electrons. The Hall–Kier alpha value is -3.48. The van der Waals surface area contributed by atoms with Gasteiger partial charge in [-0.25, -0.2) is 4.99 Å². The highest BCUT2D eigenvalue weighted by atomic mass is 16.2. The van der Waals surface area contributed by atoms with E-state index in [2.05, 4.69) is 5.32 Å². The number of nitrogens with one attached hydrogen (secondary N) is 1. The van der Waals surface area contributed by atoms with Gasteiger partial charge >= 0.3 is 0 Å². The molecule has 2 aromatic carbocycles. The maximum absolute atomic E-state index is 13.7. The summed E-state index contributed by atoms with van der Waals surface area (Å²) < 4.78 is 0. The SMILES string of the molecule is CCC[C@@](C)(C(N)=O)[C@@H](CC(C)C)C(=O)N[C@H]1N=C(c2ccccc2)c2ccccc2N(C)C1=O. The van der Waals surface area contributed by atoms with Gasteiger partial charge in [0.15, 0.2) is 0 Å². The minimum Gasteiger partial charge on any atom is -0.369 e. The lowest BCUT2D eigenvalue weighted by atomic mass is 9.69. The zero-order chi connectivity index (χ0) is 25.8. The lowest BCUT2D eigenvalue weighted by Crippen LogP contribution is -2.53. The Balaban J connectivity index is 2.06. The second-order valence-corrected chi connectivity index (χ2v) is 9.88. The lowest BCUT2D eigenvalue weighted by Gasteiger charge is -2.35. The second kappa shape index (κ2) is 10.8. The molecule has 0 unspecified atom stereocenters. The minimum atomic E-state index is -1.14. The fourth-order valence-corrected chi connectivity index (χ4v) is 4.79. The Morgan fingerprint density at radius 3 is 2.34 bits per heavy atom. The Bertz CT molecular complexity index is 1110. The molecule has 1 aliphatic rings. The van der Waals surface area contributed by atoms with E-state index < -0.39 is 23.4 Å². The number of para-hydroxylation sites is 1. The zero-order valence-electron chi connectivity index (χ0n) is 21.2. The van der Waals surface area contributed by atoms with Crippen LogP contribution in [-0.2, 0) is 14.4 Å². The van der Waals surface area contributed by atoms with Crippen molar-refractivity contribution in [1.82, 2.24) is 5.32 Å². The number of carbonyl (C=O) groups is 3. The lowest BCUT2D eigenvalue weighted by molar-refractivity contribution is -0.141. The summed E-state index contributed by atoms with van der Waals surface area (Å²) in [6.07, 6.45) is 0.522. The van der Waals surface area contributed by atoms with Crippen LogP contribution in [0.15, 0.2) is 59.6 Å². The van der Waals surface area contributed by atoms with Gasteiger partial charge in [0.25, 0.3) is 5.91 Å². The van der Waals surface area contributed by atoms with Crippen LogP contribution in [0, 0.1) is 17.3 Å². The van der Waals surface area contributed by atoms with Gasteiger partial charge in [0, 0.05) is 18.2 Å². The molecule has 35 heavy (non-hydrogen) atoms. The highest BCUT2D eigenvalue weighted by Gasteiger charge is 2.44. The van der Waals surface area contributed by atoms with Gasteiger partial charge in [0.1, 0.15) is 0 Å². The van der Waals surface area contributed by atoms with Crippen molar-refractivity contribution >= 4 is 29.1 Å². The second-order valence-electron chi connectivity index (χ2n) is 9.88. The van der Waals surface area contributed by atoms with Crippen LogP contribution in [0.3, 0.4) is 0 Å². The smallest absolute Gasteiger partial charge is 0.272 e. The summed E-state index contributed by atoms with van der Waals surface area (Å²) in [4.78, 5) is 46.0. The highest BCUT2D eigenvalue weighted by molar-refractivity contribution is 6.20. The van der Waals surface area contributed by atoms with Crippen LogP contribution in [0.2, 0.25) is 0 Å². The van der Waals surface area contributed by atoms with Gasteiger partial charge in [-0.3, -0.25) is 14.4 Å². The molecule has 7 nitrogen and oxygen atoms in total. The number of nitrogens with two attached hydrogens (primary N) is 1. The van der Waals surface area contributed by atoms with Gasteiger partial charge in [-0.2, -0.15) is 0 Å². The van der Waals surface area contributed by atoms with E-state index in [-0.39, 0.29) is 17.7 Å². The molecule has 3 atom stereocenters. The number of hydrogen-bond donors (Lipinski definition) is 2. The van der Waals surface area contributed by atoms with Crippen molar-refractivity contribution < 1.29 is 14.4 Å². The Morgan fingerprint density at radius 2 is 1.74 bits per heavy atom. The predicted octanol–water partition coefficient (Wildman–Crippen LogP) is 3.90. The largest absolute Gasteiger partial charge is 0.369 e. The number of likely N-dealkylation sites (N-methyl/N-ethyl adjacent to an activating group) is 1. The molecule has 0 aromatic heterocycles. The number of primary amides is 1. The summed E-state index contributed by atoms with van der Waals surface area (Å²) in [5, 5.41) is 2.87. The predicted molar refractivity (Wildman–Crippen MR) is 139 cm³/mol. The number of carbonyl (C=O) groups excluding carboxylic acids is 3. The molecule has 1 aliphatic heterocycles. The van der Waals surface area contributed by atoms with Crippen molar-refractivity contribution in [3.63, 3.8) is 0 Å². The Kier molecular flexibility index (Phi) is 8.10. The third-order valence-corrected chi connectivity index (χ3v) is 6.79. The average molecular weight is 477 g/mol. The van der Waals surface area contributed by atoms with Gasteiger partial charge in [-0.05, 0) is 31.7 Å². The third kappa shape index (κ3) is 5.45. The normalized spacial score (nSPS) is 18.2. The summed E-state index contributed by atoms with van der Waals surface area (Å²) in [6, 6.07) is 17.1. The summed E-state index contributed by atoms with van der Waals surface area (Å²) in [5.74, 6) is -1.77. The maximum atomic E-state index is 13.7. The van der Waals surface area contributed by atoms with Crippen molar-refractivity contribution in [3.05, 3.63) is 65.7 Å². The van der Waals surface area contributed by atoms with E-state index in [0.29, 0.717) is 30.7 Å². The molecule has 7 heteroatoms. The van der Waals surface area contributed by atoms with Gasteiger partial charge in [0.2, 0.25) is 18.0 Å². The molecule has 0 spiro atoms. The van der Waals surface area contributed by atoms with Gasteiger partial charge in [-0.1, -0.05) is 75.7 Å². The molecule has 0 saturated carbocycles. The van der Waals surface area contributed by atoms with E-state index in [0.717, 1.165) is 11.1 Å². The van der Waals surface area contributed by atoms with Crippen molar-refractivity contribution in [1.29, 1.82) is 0 Å². The summed E-state index contributed by atoms with van der Waals surface area (Å²) >= 11 is 0. The Morgan fingerprint density at radius 1 is 1.11 bits per heavy atom. The number of nitrogens with zero attached hydrogens (tertiary/aromatic N) is 2. The number of amides is 3. The van der Waals surface area contributed by atoms with E-state index in [1.807, 2.05) is 75.4 Å². The van der Waals surface area contributed by atoms with E-state index >= 15 is 0 Å². The number of hydrogen-bond acceptors (Lipinski definition) is 4. The fraction of sp³-hybridized carbons (Fsp3) is 0.429. The van der Waals surface area contributed by atoms with Crippen molar-refractivity contribution in [2.75, 3.05) is 11.9 Å². The number of aliphatic imine (C=N–C) groups is 1. The first kappa shape index (κ1) is 26.1. The molecule has 3 N–H and O–H groups in total. The standard InChI is InChI=1S/C28H36N4O3/c1-6-16-28(4,27(29)35)21(17-18(2)3)25(33)31-24-26(34)32(5)22-15-11-10-14-20(22)23(30-24)19-12-8-7-9-13-19/h7-15,18,21,24H,6,16-17H2,1-5H3,(H2,29,35)(H,31,33)/t21-,24+,28+/m0/s1. The molecule has 3 rings (SSSR count). The molecule has 0 aliphatic carbocycles. The fourth-order valence-electron chi connectivity index (χ4n) is 4.79. The first-order chi connectivity index (χ1) is 16.6. The van der Waals surface area contributed by atoms with E-state index in [1.54, 1.807) is 14.0 Å².